The van der Waals surface area contributed by atoms with Gasteiger partial charge in [-0.2, -0.15) is 0 Å². The van der Waals surface area contributed by atoms with Crippen molar-refractivity contribution in [1.82, 2.24) is 10.2 Å². The van der Waals surface area contributed by atoms with Crippen LogP contribution in [0.2, 0.25) is 0 Å². The van der Waals surface area contributed by atoms with E-state index in [9.17, 15) is 18.8 Å². The minimum Gasteiger partial charge on any atom is -0.490 e. The summed E-state index contributed by atoms with van der Waals surface area (Å²) >= 11 is 0. The number of carbonyl (C=O) groups is 3. The first-order valence-corrected chi connectivity index (χ1v) is 9.57. The highest BCUT2D eigenvalue weighted by Gasteiger charge is 2.34. The zero-order valence-corrected chi connectivity index (χ0v) is 16.9. The molecule has 0 bridgehead atoms. The van der Waals surface area contributed by atoms with Crippen molar-refractivity contribution in [3.63, 3.8) is 0 Å². The maximum Gasteiger partial charge on any atom is 0.331 e. The van der Waals surface area contributed by atoms with E-state index in [2.05, 4.69) is 11.9 Å². The van der Waals surface area contributed by atoms with E-state index in [1.165, 1.54) is 18.2 Å². The van der Waals surface area contributed by atoms with Crippen LogP contribution in [0, 0.1) is 5.82 Å². The molecule has 0 aliphatic carbocycles. The number of imide groups is 2. The molecule has 31 heavy (non-hydrogen) atoms. The van der Waals surface area contributed by atoms with Gasteiger partial charge in [0.25, 0.3) is 11.8 Å². The number of ether oxygens (including phenoxy) is 2. The van der Waals surface area contributed by atoms with Gasteiger partial charge in [0.05, 0.1) is 6.61 Å². The summed E-state index contributed by atoms with van der Waals surface area (Å²) in [5, 5.41) is 2.13. The zero-order chi connectivity index (χ0) is 22.4. The predicted octanol–water partition coefficient (Wildman–Crippen LogP) is 3.45. The first kappa shape index (κ1) is 21.8. The molecule has 1 aliphatic rings. The van der Waals surface area contributed by atoms with Gasteiger partial charge in [-0.05, 0) is 36.8 Å². The summed E-state index contributed by atoms with van der Waals surface area (Å²) in [5.74, 6) is -1.12. The third-order valence-corrected chi connectivity index (χ3v) is 4.42. The fourth-order valence-electron chi connectivity index (χ4n) is 2.93. The Morgan fingerprint density at radius 1 is 1.10 bits per heavy atom. The molecular formula is C23H21FN2O5. The molecule has 0 saturated carbocycles. The Kier molecular flexibility index (Phi) is 6.81. The Balaban J connectivity index is 1.86. The predicted molar refractivity (Wildman–Crippen MR) is 112 cm³/mol. The number of amides is 4. The topological polar surface area (TPSA) is 84.9 Å². The smallest absolute Gasteiger partial charge is 0.331 e. The van der Waals surface area contributed by atoms with E-state index in [4.69, 9.17) is 9.47 Å². The minimum atomic E-state index is -0.793. The highest BCUT2D eigenvalue weighted by atomic mass is 19.1. The Morgan fingerprint density at radius 3 is 2.58 bits per heavy atom. The molecule has 0 radical (unpaired) electrons. The third kappa shape index (κ3) is 4.98. The number of rotatable bonds is 8. The average molecular weight is 424 g/mol. The van der Waals surface area contributed by atoms with Gasteiger partial charge in [0.1, 0.15) is 18.0 Å². The van der Waals surface area contributed by atoms with Crippen LogP contribution in [0.1, 0.15) is 18.1 Å². The average Bonchev–Trinajstić information content (AvgIpc) is 2.75. The minimum absolute atomic E-state index is 0.00665. The van der Waals surface area contributed by atoms with Gasteiger partial charge in [0.2, 0.25) is 0 Å². The number of halogens is 1. The molecule has 0 atom stereocenters. The number of barbiturate groups is 1. The second-order valence-corrected chi connectivity index (χ2v) is 6.54. The molecule has 0 spiro atoms. The molecule has 160 valence electrons. The van der Waals surface area contributed by atoms with Crippen LogP contribution < -0.4 is 14.8 Å². The second-order valence-electron chi connectivity index (χ2n) is 6.54. The van der Waals surface area contributed by atoms with Crippen molar-refractivity contribution < 1.29 is 28.2 Å². The van der Waals surface area contributed by atoms with E-state index in [0.717, 1.165) is 4.90 Å². The fourth-order valence-corrected chi connectivity index (χ4v) is 2.93. The van der Waals surface area contributed by atoms with Crippen molar-refractivity contribution in [1.29, 1.82) is 0 Å². The summed E-state index contributed by atoms with van der Waals surface area (Å²) < 4.78 is 25.1. The molecule has 1 heterocycles. The normalized spacial score (nSPS) is 15.1. The van der Waals surface area contributed by atoms with Crippen LogP contribution >= 0.6 is 0 Å². The number of hydrogen-bond acceptors (Lipinski definition) is 5. The molecule has 0 aromatic heterocycles. The lowest BCUT2D eigenvalue weighted by Gasteiger charge is -2.25. The molecule has 7 nitrogen and oxygen atoms in total. The lowest BCUT2D eigenvalue weighted by atomic mass is 10.1. The molecule has 0 unspecified atom stereocenters. The van der Waals surface area contributed by atoms with E-state index in [-0.39, 0.29) is 24.5 Å². The van der Waals surface area contributed by atoms with Gasteiger partial charge < -0.3 is 9.47 Å². The Labute approximate surface area is 178 Å². The molecule has 1 fully saturated rings. The van der Waals surface area contributed by atoms with Crippen LogP contribution in [-0.4, -0.2) is 35.9 Å². The molecule has 1 saturated heterocycles. The van der Waals surface area contributed by atoms with Crippen LogP contribution in [0.15, 0.2) is 60.7 Å². The van der Waals surface area contributed by atoms with E-state index in [1.807, 2.05) is 0 Å². The maximum absolute atomic E-state index is 13.8. The van der Waals surface area contributed by atoms with Crippen LogP contribution in [0.3, 0.4) is 0 Å². The molecule has 1 aliphatic heterocycles. The van der Waals surface area contributed by atoms with E-state index >= 15 is 0 Å². The number of benzene rings is 2. The molecule has 3 rings (SSSR count). The van der Waals surface area contributed by atoms with E-state index in [1.54, 1.807) is 43.3 Å². The zero-order valence-electron chi connectivity index (χ0n) is 16.9. The molecule has 2 aromatic rings. The first-order chi connectivity index (χ1) is 14.9. The largest absolute Gasteiger partial charge is 0.490 e. The third-order valence-electron chi connectivity index (χ3n) is 4.42. The van der Waals surface area contributed by atoms with Crippen molar-refractivity contribution >= 4 is 23.9 Å². The van der Waals surface area contributed by atoms with Crippen molar-refractivity contribution in [2.24, 2.45) is 0 Å². The molecule has 1 N–H and O–H groups in total. The summed E-state index contributed by atoms with van der Waals surface area (Å²) in [6.07, 6.45) is 2.75. The van der Waals surface area contributed by atoms with Gasteiger partial charge in [-0.3, -0.25) is 19.8 Å². The highest BCUT2D eigenvalue weighted by molar-refractivity contribution is 6.31. The SMILES string of the molecule is C=CCN1C(=O)NC(=O)/C(=C/c2ccc(OCc3ccccc3F)c(OCC)c2)C1=O. The fraction of sp³-hybridized carbons (Fsp3) is 0.174. The maximum atomic E-state index is 13.8. The first-order valence-electron chi connectivity index (χ1n) is 9.57. The number of nitrogens with one attached hydrogen (secondary N) is 1. The van der Waals surface area contributed by atoms with E-state index in [0.29, 0.717) is 29.2 Å². The molecular weight excluding hydrogens is 403 g/mol. The van der Waals surface area contributed by atoms with Gasteiger partial charge in [-0.1, -0.05) is 30.3 Å². The standard InChI is InChI=1S/C23H21FN2O5/c1-3-11-26-22(28)17(21(27)25-23(26)29)12-15-9-10-19(20(13-15)30-4-2)31-14-16-7-5-6-8-18(16)24/h3,5-10,12-13H,1,4,11,14H2,2H3,(H,25,27,29)/b17-12-. The van der Waals surface area contributed by atoms with Gasteiger partial charge in [-0.25, -0.2) is 9.18 Å². The lowest BCUT2D eigenvalue weighted by Crippen LogP contribution is -2.54. The van der Waals surface area contributed by atoms with E-state index < -0.39 is 17.8 Å². The number of hydrogen-bond donors (Lipinski definition) is 1. The summed E-state index contributed by atoms with van der Waals surface area (Å²) in [5.41, 5.74) is 0.699. The molecule has 4 amide bonds. The van der Waals surface area contributed by atoms with Crippen molar-refractivity contribution in [3.8, 4) is 11.5 Å². The van der Waals surface area contributed by atoms with Crippen LogP contribution in [0.25, 0.3) is 6.08 Å². The van der Waals surface area contributed by atoms with Gasteiger partial charge in [0, 0.05) is 12.1 Å². The Morgan fingerprint density at radius 2 is 1.87 bits per heavy atom. The number of carbonyl (C=O) groups excluding carboxylic acids is 3. The number of urea groups is 1. The van der Waals surface area contributed by atoms with Crippen LogP contribution in [0.4, 0.5) is 9.18 Å². The van der Waals surface area contributed by atoms with Crippen molar-refractivity contribution in [2.75, 3.05) is 13.2 Å². The quantitative estimate of drug-likeness (QED) is 0.399. The molecule has 2 aromatic carbocycles. The Bertz CT molecular complexity index is 1060. The van der Waals surface area contributed by atoms with Gasteiger partial charge >= 0.3 is 6.03 Å². The summed E-state index contributed by atoms with van der Waals surface area (Å²) in [7, 11) is 0. The van der Waals surface area contributed by atoms with Crippen LogP contribution in [-0.2, 0) is 16.2 Å². The summed E-state index contributed by atoms with van der Waals surface area (Å²) in [6, 6.07) is 10.3. The van der Waals surface area contributed by atoms with Crippen molar-refractivity contribution in [2.45, 2.75) is 13.5 Å². The summed E-state index contributed by atoms with van der Waals surface area (Å²) in [6.45, 7) is 5.63. The summed E-state index contributed by atoms with van der Waals surface area (Å²) in [4.78, 5) is 37.4. The second kappa shape index (κ2) is 9.71. The monoisotopic (exact) mass is 424 g/mol. The number of nitrogens with zero attached hydrogens (tertiary/aromatic N) is 1. The lowest BCUT2D eigenvalue weighted by molar-refractivity contribution is -0.129. The van der Waals surface area contributed by atoms with Crippen molar-refractivity contribution in [3.05, 3.63) is 77.6 Å². The van der Waals surface area contributed by atoms with Crippen LogP contribution in [0.5, 0.6) is 11.5 Å². The highest BCUT2D eigenvalue weighted by Crippen LogP contribution is 2.30. The van der Waals surface area contributed by atoms with Gasteiger partial charge in [-0.15, -0.1) is 6.58 Å². The van der Waals surface area contributed by atoms with Gasteiger partial charge in [0.15, 0.2) is 11.5 Å². The Hall–Kier alpha value is -3.94. The molecule has 8 heteroatoms.